The molecule has 4 nitrogen and oxygen atoms in total. The maximum atomic E-state index is 12.8. The van der Waals surface area contributed by atoms with E-state index in [9.17, 15) is 5.76 Å². The van der Waals surface area contributed by atoms with E-state index in [1.54, 1.807) is 6.07 Å². The van der Waals surface area contributed by atoms with Crippen molar-refractivity contribution < 1.29 is 30.3 Å². The van der Waals surface area contributed by atoms with Crippen LogP contribution in [0.1, 0.15) is 122 Å². The third-order valence-corrected chi connectivity index (χ3v) is 13.7. The fraction of sp³-hybridized carbons (Fsp3) is 0.250. The molecule has 1 fully saturated rings. The van der Waals surface area contributed by atoms with Crippen LogP contribution in [0.2, 0.25) is 0 Å². The molecule has 0 atom stereocenters. The van der Waals surface area contributed by atoms with Crippen molar-refractivity contribution in [3.8, 4) is 50.6 Å². The zero-order valence-electron chi connectivity index (χ0n) is 42.2. The summed E-state index contributed by atoms with van der Waals surface area (Å²) >= 11 is 0. The fourth-order valence-electron chi connectivity index (χ4n) is 9.85. The number of aromatic nitrogens is 3. The number of benzene rings is 7. The fourth-order valence-corrected chi connectivity index (χ4v) is 9.85. The Bertz CT molecular complexity index is 3420. The van der Waals surface area contributed by atoms with Crippen molar-refractivity contribution in [2.75, 3.05) is 0 Å². The standard InChI is InChI=1S/C49H45N2O.C15H15FN.Ir/c1-31(2)42-28-38(36-24-22-35(23-25-36)33-14-7-5-8-15-33)29-43(32(3)4)47(42)51-45-21-12-11-20-44(45)50-49(51)41-19-13-18-40-39-27-26-37(30-46(39)52-48(40)41)34-16-9-6-10-17-34;1-15(2,3)12-6-9-14(17-10-12)11-4-7-13(16)8-5-11;/h6,9-13,16-18,20-33H,5,7-8,14-15H2,1-4H3;4,6-10H,1-3H3;/q2*-1;/i33D;;. The van der Waals surface area contributed by atoms with E-state index in [4.69, 9.17) is 9.40 Å². The van der Waals surface area contributed by atoms with Gasteiger partial charge in [0.1, 0.15) is 5.58 Å². The van der Waals surface area contributed by atoms with Gasteiger partial charge in [-0.15, -0.1) is 48.0 Å². The zero-order valence-corrected chi connectivity index (χ0v) is 43.6. The summed E-state index contributed by atoms with van der Waals surface area (Å²) in [6, 6.07) is 58.1. The molecule has 0 amide bonds. The van der Waals surface area contributed by atoms with Gasteiger partial charge in [-0.05, 0) is 117 Å². The summed E-state index contributed by atoms with van der Waals surface area (Å²) in [5, 5.41) is 2.14. The molecule has 0 unspecified atom stereocenters. The molecule has 3 heterocycles. The number of pyridine rings is 1. The molecule has 1 aliphatic carbocycles. The predicted octanol–water partition coefficient (Wildman–Crippen LogP) is 18.0. The van der Waals surface area contributed by atoms with E-state index >= 15 is 0 Å². The molecular weight excluding hydrogens is 1040 g/mol. The molecule has 1 aliphatic rings. The Morgan fingerprint density at radius 1 is 0.700 bits per heavy atom. The maximum absolute atomic E-state index is 12.8. The molecular formula is C64H60FIrN3O-2. The van der Waals surface area contributed by atoms with E-state index in [0.717, 1.165) is 98.0 Å². The van der Waals surface area contributed by atoms with Crippen LogP contribution in [0.3, 0.4) is 0 Å². The Balaban J connectivity index is 0.000000294. The van der Waals surface area contributed by atoms with Crippen molar-refractivity contribution in [3.63, 3.8) is 0 Å². The number of rotatable bonds is 8. The van der Waals surface area contributed by atoms with Crippen molar-refractivity contribution in [2.24, 2.45) is 0 Å². The van der Waals surface area contributed by atoms with Crippen molar-refractivity contribution in [1.82, 2.24) is 14.5 Å². The quantitative estimate of drug-likeness (QED) is 0.142. The Kier molecular flexibility index (Phi) is 13.8. The van der Waals surface area contributed by atoms with Gasteiger partial charge in [-0.3, -0.25) is 9.37 Å². The van der Waals surface area contributed by atoms with Crippen LogP contribution in [0.5, 0.6) is 0 Å². The maximum Gasteiger partial charge on any atom is 0.121 e. The van der Waals surface area contributed by atoms with E-state index in [2.05, 4.69) is 185 Å². The van der Waals surface area contributed by atoms with Gasteiger partial charge in [-0.1, -0.05) is 170 Å². The molecule has 7 aromatic carbocycles. The number of furan rings is 1. The third-order valence-electron chi connectivity index (χ3n) is 13.7. The van der Waals surface area contributed by atoms with E-state index in [0.29, 0.717) is 0 Å². The molecule has 1 radical (unpaired) electrons. The van der Waals surface area contributed by atoms with Gasteiger partial charge in [0.2, 0.25) is 0 Å². The summed E-state index contributed by atoms with van der Waals surface area (Å²) in [5.74, 6) is 0.581. The molecule has 355 valence electrons. The first-order valence-corrected chi connectivity index (χ1v) is 24.6. The SMILES string of the molecule is CC(C)(C)c1ccc(-c2[c-]cc(F)cc2)nc1.[2H]C1(c2ccc(-c3cc(C(C)C)c(-n4c(-c5[c-]ccc6c5oc5cc(-c7ccccc7)ccc56)nc5ccccc54)c(C(C)C)c3)cc2)CCCCC1.[Ir]. The second-order valence-corrected chi connectivity index (χ2v) is 20.2. The minimum absolute atomic E-state index is 0. The first-order valence-electron chi connectivity index (χ1n) is 25.1. The molecule has 6 heteroatoms. The zero-order chi connectivity index (χ0) is 48.7. The summed E-state index contributed by atoms with van der Waals surface area (Å²) in [6.45, 7) is 15.6. The van der Waals surface area contributed by atoms with E-state index in [1.165, 1.54) is 52.1 Å². The molecule has 70 heavy (non-hydrogen) atoms. The van der Waals surface area contributed by atoms with Crippen LogP contribution in [0.25, 0.3) is 83.6 Å². The summed E-state index contributed by atoms with van der Waals surface area (Å²) in [5.41, 5.74) is 17.0. The van der Waals surface area contributed by atoms with E-state index in [1.807, 2.05) is 24.4 Å². The van der Waals surface area contributed by atoms with Crippen LogP contribution in [-0.2, 0) is 25.5 Å². The second kappa shape index (κ2) is 20.5. The number of para-hydroxylation sites is 2. The molecule has 0 aliphatic heterocycles. The van der Waals surface area contributed by atoms with Gasteiger partial charge in [0, 0.05) is 44.6 Å². The Hall–Kier alpha value is -6.46. The number of fused-ring (bicyclic) bond motifs is 4. The van der Waals surface area contributed by atoms with Gasteiger partial charge in [-0.2, -0.15) is 0 Å². The number of halogens is 1. The molecule has 1 saturated carbocycles. The van der Waals surface area contributed by atoms with Gasteiger partial charge >= 0.3 is 0 Å². The van der Waals surface area contributed by atoms with E-state index in [-0.39, 0.29) is 43.2 Å². The Labute approximate surface area is 427 Å². The molecule has 0 bridgehead atoms. The predicted molar refractivity (Wildman–Crippen MR) is 285 cm³/mol. The summed E-state index contributed by atoms with van der Waals surface area (Å²) in [4.78, 5) is 9.73. The van der Waals surface area contributed by atoms with Crippen LogP contribution in [0.15, 0.2) is 162 Å². The first-order chi connectivity index (χ1) is 33.8. The van der Waals surface area contributed by atoms with E-state index < -0.39 is 5.89 Å². The van der Waals surface area contributed by atoms with Crippen LogP contribution in [0, 0.1) is 17.9 Å². The normalized spacial score (nSPS) is 13.9. The second-order valence-electron chi connectivity index (χ2n) is 20.2. The van der Waals surface area contributed by atoms with Crippen molar-refractivity contribution >= 4 is 33.0 Å². The smallest absolute Gasteiger partial charge is 0.121 e. The average molecular weight is 1100 g/mol. The molecule has 10 aromatic rings. The average Bonchev–Trinajstić information content (AvgIpc) is 3.95. The van der Waals surface area contributed by atoms with Crippen LogP contribution < -0.4 is 0 Å². The van der Waals surface area contributed by atoms with Crippen molar-refractivity contribution in [3.05, 3.63) is 198 Å². The minimum Gasteiger partial charge on any atom is -0.501 e. The first kappa shape index (κ1) is 47.2. The summed E-state index contributed by atoms with van der Waals surface area (Å²) in [7, 11) is 0. The number of imidazole rings is 1. The van der Waals surface area contributed by atoms with Gasteiger partial charge in [-0.25, -0.2) is 0 Å². The minimum atomic E-state index is -0.463. The Morgan fingerprint density at radius 2 is 1.39 bits per heavy atom. The monoisotopic (exact) mass is 1100 g/mol. The molecule has 11 rings (SSSR count). The van der Waals surface area contributed by atoms with Gasteiger partial charge in [0.25, 0.3) is 0 Å². The largest absolute Gasteiger partial charge is 0.501 e. The van der Waals surface area contributed by atoms with Gasteiger partial charge < -0.3 is 14.0 Å². The van der Waals surface area contributed by atoms with Gasteiger partial charge in [0.15, 0.2) is 0 Å². The van der Waals surface area contributed by atoms with Crippen molar-refractivity contribution in [1.29, 1.82) is 0 Å². The molecule has 0 saturated heterocycles. The summed E-state index contributed by atoms with van der Waals surface area (Å²) in [6.07, 6.45) is 7.30. The number of hydrogen-bond donors (Lipinski definition) is 0. The topological polar surface area (TPSA) is 43.9 Å². The van der Waals surface area contributed by atoms with Gasteiger partial charge in [0.05, 0.1) is 22.4 Å². The summed E-state index contributed by atoms with van der Waals surface area (Å²) < 4.78 is 31.1. The molecule has 3 aromatic heterocycles. The molecule has 0 N–H and O–H groups in total. The molecule has 0 spiro atoms. The van der Waals surface area contributed by atoms with Crippen LogP contribution in [-0.4, -0.2) is 14.5 Å². The third kappa shape index (κ3) is 9.82. The van der Waals surface area contributed by atoms with Crippen LogP contribution >= 0.6 is 0 Å². The number of nitrogens with zero attached hydrogens (tertiary/aromatic N) is 3. The Morgan fingerprint density at radius 3 is 2.04 bits per heavy atom. The number of hydrogen-bond acceptors (Lipinski definition) is 3. The van der Waals surface area contributed by atoms with Crippen molar-refractivity contribution in [2.45, 2.75) is 104 Å². The van der Waals surface area contributed by atoms with Crippen LogP contribution in [0.4, 0.5) is 4.39 Å².